The summed E-state index contributed by atoms with van der Waals surface area (Å²) >= 11 is 0. The van der Waals surface area contributed by atoms with Crippen molar-refractivity contribution in [2.75, 3.05) is 6.61 Å². The number of hydrogen-bond acceptors (Lipinski definition) is 8. The van der Waals surface area contributed by atoms with Gasteiger partial charge in [-0.3, -0.25) is 0 Å². The van der Waals surface area contributed by atoms with Crippen LogP contribution in [0.2, 0.25) is 0 Å². The molecule has 0 amide bonds. The summed E-state index contributed by atoms with van der Waals surface area (Å²) < 4.78 is 20.7. The van der Waals surface area contributed by atoms with Gasteiger partial charge in [0.2, 0.25) is 0 Å². The highest BCUT2D eigenvalue weighted by Crippen LogP contribution is 2.42. The van der Waals surface area contributed by atoms with E-state index in [0.29, 0.717) is 42.6 Å². The molecule has 33 heavy (non-hydrogen) atoms. The maximum atomic E-state index is 11.1. The van der Waals surface area contributed by atoms with Gasteiger partial charge in [-0.1, -0.05) is 19.7 Å². The molecule has 1 saturated carbocycles. The van der Waals surface area contributed by atoms with Crippen LogP contribution in [-0.4, -0.2) is 59.1 Å². The maximum absolute atomic E-state index is 11.1. The Balaban J connectivity index is 0.000000143. The third kappa shape index (κ3) is 5.73. The van der Waals surface area contributed by atoms with Crippen molar-refractivity contribution in [2.24, 2.45) is 0 Å². The molecule has 3 unspecified atom stereocenters. The number of esters is 3. The third-order valence-electron chi connectivity index (χ3n) is 6.86. The van der Waals surface area contributed by atoms with Gasteiger partial charge in [-0.05, 0) is 39.5 Å². The van der Waals surface area contributed by atoms with E-state index in [0.717, 1.165) is 32.1 Å². The average molecular weight is 463 g/mol. The van der Waals surface area contributed by atoms with Crippen molar-refractivity contribution in [1.29, 1.82) is 0 Å². The second-order valence-corrected chi connectivity index (χ2v) is 9.61. The van der Waals surface area contributed by atoms with Crippen LogP contribution < -0.4 is 0 Å². The fraction of sp³-hybridized carbons (Fsp3) is 0.640. The molecule has 5 rings (SSSR count). The lowest BCUT2D eigenvalue weighted by atomic mass is 9.81. The molecule has 182 valence electrons. The molecule has 4 saturated heterocycles. The number of cyclic esters (lactones) is 1. The number of hydrogen-bond donors (Lipinski definition) is 1. The standard InChI is InChI=1S/C10H14O3.C9H12O3.C6H8O2/c1-7-6-10(13-9(7)12)4-2-8(11)3-5-10;1-6-5-9(12-8(6)10)3-4-11-7(9)2;1-4-3-5(2)8-6(4)7/h8,11H,1-6H2;7H,1,3-5H2,2H3;5H,1,3H2,2H3. The lowest BCUT2D eigenvalue weighted by molar-refractivity contribution is -0.151. The zero-order chi connectivity index (χ0) is 24.4. The quantitative estimate of drug-likeness (QED) is 0.332. The first-order valence-corrected chi connectivity index (χ1v) is 11.5. The van der Waals surface area contributed by atoms with Gasteiger partial charge in [0.15, 0.2) is 0 Å². The van der Waals surface area contributed by atoms with Crippen molar-refractivity contribution in [3.05, 3.63) is 36.5 Å². The average Bonchev–Trinajstić information content (AvgIpc) is 3.42. The Morgan fingerprint density at radius 2 is 1.45 bits per heavy atom. The lowest BCUT2D eigenvalue weighted by Gasteiger charge is -2.33. The van der Waals surface area contributed by atoms with E-state index in [4.69, 9.17) is 18.9 Å². The normalized spacial score (nSPS) is 37.4. The first-order chi connectivity index (χ1) is 15.5. The molecule has 1 aliphatic carbocycles. The molecule has 0 aromatic carbocycles. The Hall–Kier alpha value is -2.45. The molecule has 0 aromatic heterocycles. The zero-order valence-corrected chi connectivity index (χ0v) is 19.5. The highest BCUT2D eigenvalue weighted by molar-refractivity contribution is 5.91. The monoisotopic (exact) mass is 462 g/mol. The third-order valence-corrected chi connectivity index (χ3v) is 6.86. The van der Waals surface area contributed by atoms with Crippen LogP contribution in [0.3, 0.4) is 0 Å². The molecular weight excluding hydrogens is 428 g/mol. The van der Waals surface area contributed by atoms with E-state index in [1.807, 2.05) is 13.8 Å². The number of aliphatic hydroxyl groups excluding tert-OH is 1. The number of rotatable bonds is 0. The van der Waals surface area contributed by atoms with Gasteiger partial charge in [0.05, 0.1) is 18.8 Å². The van der Waals surface area contributed by atoms with Crippen molar-refractivity contribution in [3.63, 3.8) is 0 Å². The molecule has 1 N–H and O–H groups in total. The number of carbonyl (C=O) groups excluding carboxylic acids is 3. The van der Waals surface area contributed by atoms with Gasteiger partial charge in [-0.2, -0.15) is 0 Å². The van der Waals surface area contributed by atoms with Crippen LogP contribution in [0, 0.1) is 0 Å². The van der Waals surface area contributed by atoms with Crippen LogP contribution in [0.25, 0.3) is 0 Å². The summed E-state index contributed by atoms with van der Waals surface area (Å²) in [6.07, 6.45) is 5.66. The number of ether oxygens (including phenoxy) is 4. The molecule has 0 aromatic rings. The van der Waals surface area contributed by atoms with E-state index in [9.17, 15) is 19.5 Å². The summed E-state index contributed by atoms with van der Waals surface area (Å²) in [5, 5.41) is 9.32. The summed E-state index contributed by atoms with van der Waals surface area (Å²) in [5.41, 5.74) is 1.06. The van der Waals surface area contributed by atoms with E-state index >= 15 is 0 Å². The molecule has 0 bridgehead atoms. The lowest BCUT2D eigenvalue weighted by Crippen LogP contribution is -2.35. The van der Waals surface area contributed by atoms with Gasteiger partial charge in [-0.15, -0.1) is 0 Å². The van der Waals surface area contributed by atoms with Crippen LogP contribution in [0.5, 0.6) is 0 Å². The van der Waals surface area contributed by atoms with Crippen LogP contribution in [0.4, 0.5) is 0 Å². The van der Waals surface area contributed by atoms with Crippen molar-refractivity contribution in [3.8, 4) is 0 Å². The Labute approximate surface area is 194 Å². The minimum atomic E-state index is -0.381. The number of aliphatic hydroxyl groups is 1. The highest BCUT2D eigenvalue weighted by Gasteiger charge is 2.50. The summed E-state index contributed by atoms with van der Waals surface area (Å²) in [6.45, 7) is 15.3. The van der Waals surface area contributed by atoms with Crippen LogP contribution >= 0.6 is 0 Å². The topological polar surface area (TPSA) is 108 Å². The molecule has 3 atom stereocenters. The summed E-state index contributed by atoms with van der Waals surface area (Å²) in [4.78, 5) is 32.7. The maximum Gasteiger partial charge on any atom is 0.334 e. The fourth-order valence-corrected chi connectivity index (χ4v) is 4.77. The van der Waals surface area contributed by atoms with Gasteiger partial charge in [-0.25, -0.2) is 14.4 Å². The largest absolute Gasteiger partial charge is 0.459 e. The molecule has 8 heteroatoms. The SMILES string of the molecule is C=C1CC(C)OC1=O.C=C1CC2(CCC(O)CC2)OC1=O.C=C1CC2(CCOC2C)OC1=O. The van der Waals surface area contributed by atoms with Crippen LogP contribution in [0.1, 0.15) is 65.2 Å². The molecule has 2 spiro atoms. The molecule has 4 aliphatic heterocycles. The Morgan fingerprint density at radius 3 is 1.82 bits per heavy atom. The van der Waals surface area contributed by atoms with Crippen molar-refractivity contribution < 1.29 is 38.4 Å². The molecule has 4 heterocycles. The predicted octanol–water partition coefficient (Wildman–Crippen LogP) is 3.08. The first kappa shape index (κ1) is 25.2. The Morgan fingerprint density at radius 1 is 0.848 bits per heavy atom. The summed E-state index contributed by atoms with van der Waals surface area (Å²) in [6, 6.07) is 0. The highest BCUT2D eigenvalue weighted by atomic mass is 16.6. The van der Waals surface area contributed by atoms with E-state index in [1.54, 1.807) is 0 Å². The van der Waals surface area contributed by atoms with Gasteiger partial charge in [0.25, 0.3) is 0 Å². The van der Waals surface area contributed by atoms with Gasteiger partial charge in [0.1, 0.15) is 17.3 Å². The first-order valence-electron chi connectivity index (χ1n) is 11.5. The van der Waals surface area contributed by atoms with Crippen molar-refractivity contribution >= 4 is 17.9 Å². The second-order valence-electron chi connectivity index (χ2n) is 9.61. The molecule has 5 fully saturated rings. The second kappa shape index (κ2) is 9.81. The van der Waals surface area contributed by atoms with Gasteiger partial charge >= 0.3 is 17.9 Å². The van der Waals surface area contributed by atoms with Gasteiger partial charge < -0.3 is 24.1 Å². The smallest absolute Gasteiger partial charge is 0.334 e. The van der Waals surface area contributed by atoms with Gasteiger partial charge in [0, 0.05) is 42.4 Å². The Kier molecular flexibility index (Phi) is 7.49. The molecule has 0 radical (unpaired) electrons. The Bertz CT molecular complexity index is 798. The molecule has 8 nitrogen and oxygen atoms in total. The van der Waals surface area contributed by atoms with Crippen molar-refractivity contribution in [2.45, 2.75) is 94.7 Å². The van der Waals surface area contributed by atoms with Crippen LogP contribution in [0.15, 0.2) is 36.5 Å². The van der Waals surface area contributed by atoms with E-state index < -0.39 is 0 Å². The zero-order valence-electron chi connectivity index (χ0n) is 19.5. The van der Waals surface area contributed by atoms with E-state index in [1.165, 1.54) is 0 Å². The van der Waals surface area contributed by atoms with E-state index in [2.05, 4.69) is 19.7 Å². The van der Waals surface area contributed by atoms with Crippen molar-refractivity contribution in [1.82, 2.24) is 0 Å². The fourth-order valence-electron chi connectivity index (χ4n) is 4.77. The van der Waals surface area contributed by atoms with Crippen LogP contribution in [-0.2, 0) is 33.3 Å². The number of carbonyl (C=O) groups is 3. The minimum Gasteiger partial charge on any atom is -0.459 e. The molecular formula is C25H34O8. The minimum absolute atomic E-state index is 0.0145. The summed E-state index contributed by atoms with van der Waals surface area (Å²) in [7, 11) is 0. The molecule has 5 aliphatic rings. The summed E-state index contributed by atoms with van der Waals surface area (Å²) in [5.74, 6) is -0.749. The predicted molar refractivity (Wildman–Crippen MR) is 119 cm³/mol. The van der Waals surface area contributed by atoms with E-state index in [-0.39, 0.29) is 47.4 Å².